The lowest BCUT2D eigenvalue weighted by Gasteiger charge is -2.43. The summed E-state index contributed by atoms with van der Waals surface area (Å²) >= 11 is 5.89. The average Bonchev–Trinajstić information content (AvgIpc) is 2.20. The molecule has 0 radical (unpaired) electrons. The van der Waals surface area contributed by atoms with Crippen LogP contribution in [0.25, 0.3) is 0 Å². The van der Waals surface area contributed by atoms with Crippen LogP contribution in [0.2, 0.25) is 5.02 Å². The van der Waals surface area contributed by atoms with Gasteiger partial charge in [0.05, 0.1) is 12.1 Å². The molecule has 1 aliphatic rings. The molecule has 98 valence electrons. The summed E-state index contributed by atoms with van der Waals surface area (Å²) in [5.41, 5.74) is 1.06. The monoisotopic (exact) mass is 268 g/mol. The zero-order valence-corrected chi connectivity index (χ0v) is 11.3. The number of amides is 1. The molecule has 18 heavy (non-hydrogen) atoms. The van der Waals surface area contributed by atoms with Crippen molar-refractivity contribution in [3.05, 3.63) is 28.8 Å². The van der Waals surface area contributed by atoms with E-state index in [4.69, 9.17) is 11.6 Å². The average molecular weight is 269 g/mol. The number of nitrogens with zero attached hydrogens (tertiary/aromatic N) is 1. The van der Waals surface area contributed by atoms with E-state index in [1.165, 1.54) is 0 Å². The van der Waals surface area contributed by atoms with E-state index in [-0.39, 0.29) is 5.91 Å². The maximum Gasteiger partial charge on any atom is 0.238 e. The van der Waals surface area contributed by atoms with Crippen molar-refractivity contribution in [3.8, 4) is 0 Å². The van der Waals surface area contributed by atoms with Crippen LogP contribution in [0, 0.1) is 6.92 Å². The maximum absolute atomic E-state index is 11.8. The van der Waals surface area contributed by atoms with Crippen molar-refractivity contribution in [2.75, 3.05) is 25.0 Å². The molecule has 1 aliphatic heterocycles. The van der Waals surface area contributed by atoms with Crippen LogP contribution in [0.1, 0.15) is 12.5 Å². The predicted octanol–water partition coefficient (Wildman–Crippen LogP) is 1.65. The lowest BCUT2D eigenvalue weighted by atomic mass is 9.97. The van der Waals surface area contributed by atoms with E-state index in [9.17, 15) is 9.90 Å². The number of benzene rings is 1. The number of nitrogens with one attached hydrogen (secondary N) is 1. The Morgan fingerprint density at radius 1 is 1.56 bits per heavy atom. The van der Waals surface area contributed by atoms with E-state index in [0.717, 1.165) is 11.3 Å². The smallest absolute Gasteiger partial charge is 0.238 e. The number of anilines is 1. The molecule has 0 saturated carbocycles. The molecule has 2 N–H and O–H groups in total. The highest BCUT2D eigenvalue weighted by Crippen LogP contribution is 2.21. The van der Waals surface area contributed by atoms with Gasteiger partial charge in [-0.1, -0.05) is 17.7 Å². The molecule has 0 aromatic heterocycles. The number of rotatable bonds is 3. The minimum Gasteiger partial charge on any atom is -0.388 e. The molecular formula is C13H17ClN2O2. The Morgan fingerprint density at radius 2 is 2.22 bits per heavy atom. The van der Waals surface area contributed by atoms with Gasteiger partial charge in [-0.3, -0.25) is 9.69 Å². The van der Waals surface area contributed by atoms with Crippen LogP contribution in [-0.2, 0) is 4.79 Å². The molecular weight excluding hydrogens is 252 g/mol. The highest BCUT2D eigenvalue weighted by molar-refractivity contribution is 6.31. The number of hydrogen-bond acceptors (Lipinski definition) is 3. The molecule has 1 aromatic carbocycles. The van der Waals surface area contributed by atoms with Crippen molar-refractivity contribution in [1.82, 2.24) is 4.90 Å². The summed E-state index contributed by atoms with van der Waals surface area (Å²) in [6.45, 7) is 5.05. The van der Waals surface area contributed by atoms with Gasteiger partial charge in [0.2, 0.25) is 5.91 Å². The molecule has 0 spiro atoms. The predicted molar refractivity (Wildman–Crippen MR) is 71.9 cm³/mol. The highest BCUT2D eigenvalue weighted by atomic mass is 35.5. The molecule has 0 aliphatic carbocycles. The minimum absolute atomic E-state index is 0.0872. The van der Waals surface area contributed by atoms with Crippen molar-refractivity contribution in [2.45, 2.75) is 19.4 Å². The number of likely N-dealkylation sites (tertiary alicyclic amines) is 1. The zero-order chi connectivity index (χ0) is 13.3. The Labute approximate surface area is 112 Å². The number of hydrogen-bond donors (Lipinski definition) is 2. The van der Waals surface area contributed by atoms with Gasteiger partial charge in [-0.15, -0.1) is 0 Å². The quantitative estimate of drug-likeness (QED) is 0.877. The molecule has 1 amide bonds. The second-order valence-electron chi connectivity index (χ2n) is 5.15. The number of carbonyl (C=O) groups is 1. The Morgan fingerprint density at radius 3 is 2.83 bits per heavy atom. The Hall–Kier alpha value is -1.10. The van der Waals surface area contributed by atoms with Gasteiger partial charge in [-0.05, 0) is 31.5 Å². The second-order valence-corrected chi connectivity index (χ2v) is 5.59. The highest BCUT2D eigenvalue weighted by Gasteiger charge is 2.37. The first kappa shape index (κ1) is 13.3. The molecule has 4 nitrogen and oxygen atoms in total. The summed E-state index contributed by atoms with van der Waals surface area (Å²) in [6.07, 6.45) is 0. The molecule has 0 bridgehead atoms. The molecule has 0 unspecified atom stereocenters. The molecule has 2 rings (SSSR count). The van der Waals surface area contributed by atoms with Gasteiger partial charge in [0.15, 0.2) is 0 Å². The number of aliphatic hydroxyl groups is 1. The van der Waals surface area contributed by atoms with Crippen molar-refractivity contribution in [2.24, 2.45) is 0 Å². The first-order valence-electron chi connectivity index (χ1n) is 5.86. The first-order valence-corrected chi connectivity index (χ1v) is 6.24. The second kappa shape index (κ2) is 4.88. The number of aryl methyl sites for hydroxylation is 1. The van der Waals surface area contributed by atoms with Gasteiger partial charge in [0.1, 0.15) is 0 Å². The third-order valence-electron chi connectivity index (χ3n) is 2.97. The standard InChI is InChI=1S/C13H17ClN2O2/c1-9-3-4-10(14)5-11(9)15-12(17)6-16-7-13(2,18)8-16/h3-5,18H,6-8H2,1-2H3,(H,15,17). The van der Waals surface area contributed by atoms with Crippen molar-refractivity contribution >= 4 is 23.2 Å². The fourth-order valence-electron chi connectivity index (χ4n) is 2.15. The number of halogens is 1. The normalized spacial score (nSPS) is 18.2. The lowest BCUT2D eigenvalue weighted by Crippen LogP contribution is -2.61. The van der Waals surface area contributed by atoms with E-state index in [1.54, 1.807) is 19.1 Å². The SMILES string of the molecule is Cc1ccc(Cl)cc1NC(=O)CN1CC(C)(O)C1. The maximum atomic E-state index is 11.8. The summed E-state index contributed by atoms with van der Waals surface area (Å²) in [4.78, 5) is 13.7. The third-order valence-corrected chi connectivity index (χ3v) is 3.20. The van der Waals surface area contributed by atoms with Crippen molar-refractivity contribution < 1.29 is 9.90 Å². The van der Waals surface area contributed by atoms with Crippen molar-refractivity contribution in [1.29, 1.82) is 0 Å². The van der Waals surface area contributed by atoms with E-state index in [2.05, 4.69) is 5.32 Å². The fourth-order valence-corrected chi connectivity index (χ4v) is 2.32. The molecule has 1 fully saturated rings. The van der Waals surface area contributed by atoms with Crippen LogP contribution in [0.3, 0.4) is 0 Å². The number of β-amino-alcohol motifs (C(OH)–C–C–N with tert-alkyl or cyclic N) is 1. The van der Waals surface area contributed by atoms with Crippen molar-refractivity contribution in [3.63, 3.8) is 0 Å². The Balaban J connectivity index is 1.90. The van der Waals surface area contributed by atoms with Crippen LogP contribution in [0.15, 0.2) is 18.2 Å². The summed E-state index contributed by atoms with van der Waals surface area (Å²) in [6, 6.07) is 5.40. The number of carbonyl (C=O) groups excluding carboxylic acids is 1. The third kappa shape index (κ3) is 3.22. The summed E-state index contributed by atoms with van der Waals surface area (Å²) < 4.78 is 0. The Bertz CT molecular complexity index is 466. The molecule has 0 atom stereocenters. The lowest BCUT2D eigenvalue weighted by molar-refractivity contribution is -0.125. The fraction of sp³-hybridized carbons (Fsp3) is 0.462. The minimum atomic E-state index is -0.647. The van der Waals surface area contributed by atoms with Gasteiger partial charge >= 0.3 is 0 Å². The molecule has 5 heteroatoms. The van der Waals surface area contributed by atoms with E-state index < -0.39 is 5.60 Å². The Kier molecular flexibility index (Phi) is 3.61. The van der Waals surface area contributed by atoms with E-state index >= 15 is 0 Å². The van der Waals surface area contributed by atoms with Crippen LogP contribution >= 0.6 is 11.6 Å². The van der Waals surface area contributed by atoms with Gasteiger partial charge in [0.25, 0.3) is 0 Å². The molecule has 1 saturated heterocycles. The topological polar surface area (TPSA) is 52.6 Å². The summed E-state index contributed by atoms with van der Waals surface area (Å²) in [5.74, 6) is -0.0872. The van der Waals surface area contributed by atoms with Crippen LogP contribution in [0.5, 0.6) is 0 Å². The van der Waals surface area contributed by atoms with Crippen LogP contribution < -0.4 is 5.32 Å². The molecule has 1 aromatic rings. The zero-order valence-electron chi connectivity index (χ0n) is 10.5. The van der Waals surface area contributed by atoms with Crippen LogP contribution in [-0.4, -0.2) is 41.1 Å². The van der Waals surface area contributed by atoms with Gasteiger partial charge in [0, 0.05) is 23.8 Å². The van der Waals surface area contributed by atoms with Gasteiger partial charge < -0.3 is 10.4 Å². The first-order chi connectivity index (χ1) is 8.35. The van der Waals surface area contributed by atoms with Crippen LogP contribution in [0.4, 0.5) is 5.69 Å². The van der Waals surface area contributed by atoms with Gasteiger partial charge in [-0.2, -0.15) is 0 Å². The molecule has 1 heterocycles. The largest absolute Gasteiger partial charge is 0.388 e. The summed E-state index contributed by atoms with van der Waals surface area (Å²) in [7, 11) is 0. The van der Waals surface area contributed by atoms with Gasteiger partial charge in [-0.25, -0.2) is 0 Å². The summed E-state index contributed by atoms with van der Waals surface area (Å²) in [5, 5.41) is 13.0. The van der Waals surface area contributed by atoms with E-state index in [1.807, 2.05) is 17.9 Å². The van der Waals surface area contributed by atoms with E-state index in [0.29, 0.717) is 24.7 Å².